The SMILES string of the molecule is CCS(=O)(=O)Nc1ccc(-c2nnc(SCC(=O)Nc3nc(-c4ccc(F)cc4)cs3)o2)cc1. The molecule has 2 heterocycles. The van der Waals surface area contributed by atoms with Gasteiger partial charge in [-0.2, -0.15) is 0 Å². The zero-order valence-corrected chi connectivity index (χ0v) is 20.1. The number of aromatic nitrogens is 3. The van der Waals surface area contributed by atoms with Crippen molar-refractivity contribution in [2.45, 2.75) is 12.1 Å². The van der Waals surface area contributed by atoms with Gasteiger partial charge in [0.2, 0.25) is 21.8 Å². The summed E-state index contributed by atoms with van der Waals surface area (Å²) in [5.41, 5.74) is 2.44. The van der Waals surface area contributed by atoms with E-state index < -0.39 is 10.0 Å². The Morgan fingerprint density at radius 2 is 1.79 bits per heavy atom. The van der Waals surface area contributed by atoms with Crippen molar-refractivity contribution >= 4 is 49.8 Å². The Bertz CT molecular complexity index is 1390. The van der Waals surface area contributed by atoms with Gasteiger partial charge in [-0.15, -0.1) is 21.5 Å². The summed E-state index contributed by atoms with van der Waals surface area (Å²) in [7, 11) is -3.36. The van der Waals surface area contributed by atoms with E-state index in [1.807, 2.05) is 0 Å². The average Bonchev–Trinajstić information content (AvgIpc) is 3.48. The van der Waals surface area contributed by atoms with Gasteiger partial charge < -0.3 is 9.73 Å². The zero-order chi connectivity index (χ0) is 24.1. The Balaban J connectivity index is 1.31. The molecule has 0 bridgehead atoms. The number of halogens is 1. The van der Waals surface area contributed by atoms with Crippen molar-refractivity contribution < 1.29 is 22.0 Å². The predicted molar refractivity (Wildman–Crippen MR) is 130 cm³/mol. The van der Waals surface area contributed by atoms with E-state index in [-0.39, 0.29) is 34.3 Å². The summed E-state index contributed by atoms with van der Waals surface area (Å²) in [6.45, 7) is 1.55. The second-order valence-electron chi connectivity index (χ2n) is 6.84. The maximum atomic E-state index is 13.1. The summed E-state index contributed by atoms with van der Waals surface area (Å²) >= 11 is 2.34. The molecular weight excluding hydrogens is 501 g/mol. The fourth-order valence-corrected chi connectivity index (χ4v) is 4.62. The smallest absolute Gasteiger partial charge is 0.277 e. The second-order valence-corrected chi connectivity index (χ2v) is 10.6. The van der Waals surface area contributed by atoms with Crippen LogP contribution in [0.4, 0.5) is 15.2 Å². The number of rotatable bonds is 9. The molecule has 0 saturated carbocycles. The Kier molecular flexibility index (Phi) is 7.24. The van der Waals surface area contributed by atoms with E-state index in [1.54, 1.807) is 48.7 Å². The summed E-state index contributed by atoms with van der Waals surface area (Å²) in [6.07, 6.45) is 0. The molecule has 4 rings (SSSR count). The van der Waals surface area contributed by atoms with E-state index in [0.29, 0.717) is 22.1 Å². The molecule has 0 radical (unpaired) electrons. The third kappa shape index (κ3) is 6.18. The molecule has 0 spiro atoms. The molecule has 4 aromatic rings. The molecule has 0 aliphatic rings. The van der Waals surface area contributed by atoms with Gasteiger partial charge in [-0.3, -0.25) is 9.52 Å². The molecule has 0 fully saturated rings. The van der Waals surface area contributed by atoms with E-state index in [2.05, 4.69) is 25.2 Å². The average molecular weight is 520 g/mol. The number of carbonyl (C=O) groups is 1. The molecule has 1 amide bonds. The number of nitrogens with zero attached hydrogens (tertiary/aromatic N) is 3. The summed E-state index contributed by atoms with van der Waals surface area (Å²) in [4.78, 5) is 16.6. The van der Waals surface area contributed by atoms with Crippen LogP contribution in [0.5, 0.6) is 0 Å². The van der Waals surface area contributed by atoms with Crippen LogP contribution in [0.25, 0.3) is 22.7 Å². The van der Waals surface area contributed by atoms with Crippen LogP contribution in [-0.4, -0.2) is 41.0 Å². The van der Waals surface area contributed by atoms with Crippen LogP contribution in [-0.2, 0) is 14.8 Å². The van der Waals surface area contributed by atoms with Crippen molar-refractivity contribution in [2.75, 3.05) is 21.5 Å². The summed E-state index contributed by atoms with van der Waals surface area (Å²) in [5.74, 6) is -0.366. The van der Waals surface area contributed by atoms with Crippen LogP contribution in [0, 0.1) is 5.82 Å². The monoisotopic (exact) mass is 519 g/mol. The molecule has 176 valence electrons. The first-order valence-corrected chi connectivity index (χ1v) is 13.4. The molecule has 0 aliphatic heterocycles. The predicted octanol–water partition coefficient (Wildman–Crippen LogP) is 4.49. The van der Waals surface area contributed by atoms with Crippen LogP contribution in [0.2, 0.25) is 0 Å². The molecule has 13 heteroatoms. The normalized spacial score (nSPS) is 11.4. The van der Waals surface area contributed by atoms with Crippen LogP contribution in [0.1, 0.15) is 6.92 Å². The van der Waals surface area contributed by atoms with Crippen molar-refractivity contribution in [3.05, 3.63) is 59.7 Å². The lowest BCUT2D eigenvalue weighted by molar-refractivity contribution is -0.113. The molecule has 9 nitrogen and oxygen atoms in total. The molecular formula is C21H18FN5O4S3. The number of hydrogen-bond acceptors (Lipinski definition) is 9. The lowest BCUT2D eigenvalue weighted by Gasteiger charge is -2.05. The number of thiazole rings is 1. The van der Waals surface area contributed by atoms with Gasteiger partial charge in [0.1, 0.15) is 5.82 Å². The summed E-state index contributed by atoms with van der Waals surface area (Å²) < 4.78 is 44.4. The van der Waals surface area contributed by atoms with Crippen LogP contribution < -0.4 is 10.0 Å². The highest BCUT2D eigenvalue weighted by molar-refractivity contribution is 7.99. The number of benzene rings is 2. The molecule has 2 aromatic heterocycles. The highest BCUT2D eigenvalue weighted by atomic mass is 32.2. The van der Waals surface area contributed by atoms with E-state index >= 15 is 0 Å². The van der Waals surface area contributed by atoms with Gasteiger partial charge in [0.05, 0.1) is 17.2 Å². The first kappa shape index (κ1) is 23.9. The lowest BCUT2D eigenvalue weighted by Crippen LogP contribution is -2.14. The molecule has 0 unspecified atom stereocenters. The minimum atomic E-state index is -3.36. The fraction of sp³-hybridized carbons (Fsp3) is 0.143. The Labute approximate surface area is 202 Å². The molecule has 0 atom stereocenters. The van der Waals surface area contributed by atoms with Crippen LogP contribution in [0.3, 0.4) is 0 Å². The van der Waals surface area contributed by atoms with Crippen molar-refractivity contribution in [3.8, 4) is 22.7 Å². The topological polar surface area (TPSA) is 127 Å². The number of nitrogens with one attached hydrogen (secondary N) is 2. The minimum absolute atomic E-state index is 0.0233. The Morgan fingerprint density at radius 1 is 1.09 bits per heavy atom. The van der Waals surface area contributed by atoms with Gasteiger partial charge in [-0.05, 0) is 55.5 Å². The first-order chi connectivity index (χ1) is 16.3. The van der Waals surface area contributed by atoms with Gasteiger partial charge in [-0.1, -0.05) is 11.8 Å². The second kappa shape index (κ2) is 10.3. The standard InChI is InChI=1S/C21H18FN5O4S3/c1-2-34(29,30)27-16-9-5-14(6-10-16)19-25-26-21(31-19)33-12-18(28)24-20-23-17(11-32-20)13-3-7-15(22)8-4-13/h3-11,27H,2,12H2,1H3,(H,23,24,28). The zero-order valence-electron chi connectivity index (χ0n) is 17.7. The summed E-state index contributed by atoms with van der Waals surface area (Å²) in [6, 6.07) is 12.5. The molecule has 2 N–H and O–H groups in total. The number of hydrogen-bond donors (Lipinski definition) is 2. The van der Waals surface area contributed by atoms with Crippen molar-refractivity contribution in [1.29, 1.82) is 0 Å². The minimum Gasteiger partial charge on any atom is -0.411 e. The van der Waals surface area contributed by atoms with E-state index in [0.717, 1.165) is 17.3 Å². The van der Waals surface area contributed by atoms with Gasteiger partial charge in [0, 0.05) is 22.2 Å². The number of sulfonamides is 1. The van der Waals surface area contributed by atoms with E-state index in [9.17, 15) is 17.6 Å². The van der Waals surface area contributed by atoms with Crippen molar-refractivity contribution in [3.63, 3.8) is 0 Å². The third-order valence-electron chi connectivity index (χ3n) is 4.41. The summed E-state index contributed by atoms with van der Waals surface area (Å²) in [5, 5.41) is 13.0. The highest BCUT2D eigenvalue weighted by Gasteiger charge is 2.14. The highest BCUT2D eigenvalue weighted by Crippen LogP contribution is 2.27. The third-order valence-corrected chi connectivity index (χ3v) is 7.29. The lowest BCUT2D eigenvalue weighted by atomic mass is 10.2. The van der Waals surface area contributed by atoms with Gasteiger partial charge in [0.15, 0.2) is 5.13 Å². The van der Waals surface area contributed by atoms with E-state index in [4.69, 9.17) is 4.42 Å². The van der Waals surface area contributed by atoms with Gasteiger partial charge in [0.25, 0.3) is 5.22 Å². The number of carbonyl (C=O) groups excluding carboxylic acids is 1. The molecule has 0 aliphatic carbocycles. The Morgan fingerprint density at radius 3 is 2.50 bits per heavy atom. The van der Waals surface area contributed by atoms with Gasteiger partial charge in [-0.25, -0.2) is 17.8 Å². The number of thioether (sulfide) groups is 1. The maximum Gasteiger partial charge on any atom is 0.277 e. The van der Waals surface area contributed by atoms with Crippen molar-refractivity contribution in [1.82, 2.24) is 15.2 Å². The number of anilines is 2. The Hall–Kier alpha value is -3.29. The van der Waals surface area contributed by atoms with E-state index in [1.165, 1.54) is 23.5 Å². The first-order valence-electron chi connectivity index (χ1n) is 9.90. The van der Waals surface area contributed by atoms with Crippen molar-refractivity contribution in [2.24, 2.45) is 0 Å². The van der Waals surface area contributed by atoms with Crippen LogP contribution >= 0.6 is 23.1 Å². The molecule has 2 aromatic carbocycles. The quantitative estimate of drug-likeness (QED) is 0.310. The van der Waals surface area contributed by atoms with Crippen LogP contribution in [0.15, 0.2) is 63.6 Å². The molecule has 34 heavy (non-hydrogen) atoms. The van der Waals surface area contributed by atoms with Gasteiger partial charge >= 0.3 is 0 Å². The molecule has 0 saturated heterocycles. The maximum absolute atomic E-state index is 13.1. The fourth-order valence-electron chi connectivity index (χ4n) is 2.68. The largest absolute Gasteiger partial charge is 0.411 e. The number of amides is 1.